The number of rotatable bonds is 3. The zero-order valence-electron chi connectivity index (χ0n) is 11.3. The van der Waals surface area contributed by atoms with Crippen molar-refractivity contribution in [3.05, 3.63) is 24.3 Å². The predicted molar refractivity (Wildman–Crippen MR) is 80.6 cm³/mol. The van der Waals surface area contributed by atoms with Crippen molar-refractivity contribution in [2.24, 2.45) is 0 Å². The number of aliphatic hydroxyl groups is 1. The molecule has 2 aliphatic rings. The average Bonchev–Trinajstić information content (AvgIpc) is 2.61. The third-order valence-electron chi connectivity index (χ3n) is 4.03. The second-order valence-corrected chi connectivity index (χ2v) is 6.46. The van der Waals surface area contributed by atoms with Gasteiger partial charge in [0.2, 0.25) is 0 Å². The predicted octanol–water partition coefficient (Wildman–Crippen LogP) is 2.75. The molecule has 3 nitrogen and oxygen atoms in total. The molecule has 1 aromatic carbocycles. The number of benzene rings is 1. The summed E-state index contributed by atoms with van der Waals surface area (Å²) in [6.07, 6.45) is 5.41. The number of thioether (sulfide) groups is 1. The number of hydrogen-bond acceptors (Lipinski definition) is 4. The van der Waals surface area contributed by atoms with E-state index < -0.39 is 5.56 Å². The molecule has 104 valence electrons. The van der Waals surface area contributed by atoms with Crippen molar-refractivity contribution >= 4 is 17.4 Å². The highest BCUT2D eigenvalue weighted by atomic mass is 32.2. The molecule has 0 bridgehead atoms. The Kier molecular flexibility index (Phi) is 4.31. The summed E-state index contributed by atoms with van der Waals surface area (Å²) in [5.41, 5.74) is 0.777. The smallest absolute Gasteiger partial charge is 0.180 e. The summed E-state index contributed by atoms with van der Waals surface area (Å²) in [4.78, 5) is 5.88. The molecule has 19 heavy (non-hydrogen) atoms. The van der Waals surface area contributed by atoms with Crippen LogP contribution in [0.2, 0.25) is 0 Å². The molecular formula is C15H22N2OS. The first kappa shape index (κ1) is 13.3. The van der Waals surface area contributed by atoms with Gasteiger partial charge >= 0.3 is 0 Å². The lowest BCUT2D eigenvalue weighted by Gasteiger charge is -2.27. The van der Waals surface area contributed by atoms with Crippen LogP contribution in [0.3, 0.4) is 0 Å². The van der Waals surface area contributed by atoms with Crippen molar-refractivity contribution in [3.8, 4) is 0 Å². The summed E-state index contributed by atoms with van der Waals surface area (Å²) < 4.78 is 0. The van der Waals surface area contributed by atoms with Crippen LogP contribution >= 0.6 is 11.8 Å². The van der Waals surface area contributed by atoms with Crippen LogP contribution in [0, 0.1) is 0 Å². The molecule has 2 heterocycles. The fourth-order valence-electron chi connectivity index (χ4n) is 2.93. The van der Waals surface area contributed by atoms with Crippen LogP contribution in [-0.4, -0.2) is 41.7 Å². The maximum Gasteiger partial charge on any atom is 0.180 e. The number of nitrogens with zero attached hydrogens (tertiary/aromatic N) is 2. The zero-order valence-corrected chi connectivity index (χ0v) is 12.1. The number of para-hydroxylation sites is 1. The summed E-state index contributed by atoms with van der Waals surface area (Å²) in [5.74, 6) is 0. The largest absolute Gasteiger partial charge is 0.364 e. The number of likely N-dealkylation sites (tertiary alicyclic amines) is 1. The van der Waals surface area contributed by atoms with Gasteiger partial charge in [-0.15, -0.1) is 0 Å². The minimum absolute atomic E-state index is 0.413. The number of anilines is 1. The second kappa shape index (κ2) is 6.16. The van der Waals surface area contributed by atoms with Crippen LogP contribution in [0.15, 0.2) is 29.2 Å². The quantitative estimate of drug-likeness (QED) is 0.920. The Labute approximate surface area is 119 Å². The fraction of sp³-hybridized carbons (Fsp3) is 0.600. The first-order chi connectivity index (χ1) is 9.34. The first-order valence-corrected chi connectivity index (χ1v) is 8.15. The summed E-state index contributed by atoms with van der Waals surface area (Å²) in [6, 6.07) is 8.29. The van der Waals surface area contributed by atoms with Crippen molar-refractivity contribution in [2.45, 2.75) is 36.1 Å². The van der Waals surface area contributed by atoms with Crippen LogP contribution in [0.25, 0.3) is 0 Å². The van der Waals surface area contributed by atoms with Crippen LogP contribution in [0.5, 0.6) is 0 Å². The van der Waals surface area contributed by atoms with Gasteiger partial charge in [-0.05, 0) is 38.1 Å². The number of fused-ring (bicyclic) bond motifs is 1. The van der Waals surface area contributed by atoms with Gasteiger partial charge in [-0.3, -0.25) is 0 Å². The fourth-order valence-corrected chi connectivity index (χ4v) is 3.97. The molecule has 1 fully saturated rings. The van der Waals surface area contributed by atoms with Gasteiger partial charge in [-0.2, -0.15) is 0 Å². The van der Waals surface area contributed by atoms with E-state index >= 15 is 0 Å². The molecule has 1 N–H and O–H groups in total. The standard InChI is InChI=1S/C15H22N2OS/c18-15-17(13-7-3-4-8-14(13)19-15)12-11-16-9-5-1-2-6-10-16/h3-4,7-8,15,18H,1-2,5-6,9-12H2. The van der Waals surface area contributed by atoms with E-state index in [-0.39, 0.29) is 0 Å². The van der Waals surface area contributed by atoms with E-state index in [0.29, 0.717) is 0 Å². The minimum atomic E-state index is -0.413. The van der Waals surface area contributed by atoms with E-state index in [1.54, 1.807) is 11.8 Å². The van der Waals surface area contributed by atoms with Gasteiger partial charge in [0.25, 0.3) is 0 Å². The van der Waals surface area contributed by atoms with E-state index in [2.05, 4.69) is 28.0 Å². The van der Waals surface area contributed by atoms with E-state index in [4.69, 9.17) is 0 Å². The van der Waals surface area contributed by atoms with Gasteiger partial charge < -0.3 is 14.9 Å². The molecule has 3 rings (SSSR count). The molecule has 0 spiro atoms. The van der Waals surface area contributed by atoms with E-state index in [0.717, 1.165) is 13.1 Å². The molecule has 0 amide bonds. The Hall–Kier alpha value is -0.710. The van der Waals surface area contributed by atoms with Crippen LogP contribution < -0.4 is 4.90 Å². The Morgan fingerprint density at radius 2 is 1.79 bits per heavy atom. The molecule has 1 atom stereocenters. The van der Waals surface area contributed by atoms with Crippen molar-refractivity contribution in [3.63, 3.8) is 0 Å². The van der Waals surface area contributed by atoms with E-state index in [1.165, 1.54) is 49.4 Å². The molecule has 0 aliphatic carbocycles. The second-order valence-electron chi connectivity index (χ2n) is 5.36. The van der Waals surface area contributed by atoms with Crippen molar-refractivity contribution in [1.82, 2.24) is 4.90 Å². The highest BCUT2D eigenvalue weighted by molar-refractivity contribution is 8.00. The first-order valence-electron chi connectivity index (χ1n) is 7.27. The highest BCUT2D eigenvalue weighted by Gasteiger charge is 2.27. The maximum atomic E-state index is 10.2. The summed E-state index contributed by atoms with van der Waals surface area (Å²) >= 11 is 1.55. The lowest BCUT2D eigenvalue weighted by molar-refractivity contribution is 0.240. The van der Waals surface area contributed by atoms with Crippen LogP contribution in [-0.2, 0) is 0 Å². The summed E-state index contributed by atoms with van der Waals surface area (Å²) in [7, 11) is 0. The third-order valence-corrected chi connectivity index (χ3v) is 5.09. The SMILES string of the molecule is OC1Sc2ccccc2N1CCN1CCCCCC1. The Morgan fingerprint density at radius 1 is 1.05 bits per heavy atom. The van der Waals surface area contributed by atoms with Crippen LogP contribution in [0.4, 0.5) is 5.69 Å². The van der Waals surface area contributed by atoms with Crippen molar-refractivity contribution in [2.75, 3.05) is 31.1 Å². The third kappa shape index (κ3) is 3.07. The lowest BCUT2D eigenvalue weighted by atomic mass is 10.2. The highest BCUT2D eigenvalue weighted by Crippen LogP contribution is 2.41. The lowest BCUT2D eigenvalue weighted by Crippen LogP contribution is -2.38. The molecule has 1 saturated heterocycles. The Balaban J connectivity index is 1.60. The van der Waals surface area contributed by atoms with Crippen LogP contribution in [0.1, 0.15) is 25.7 Å². The van der Waals surface area contributed by atoms with Crippen molar-refractivity contribution < 1.29 is 5.11 Å². The average molecular weight is 278 g/mol. The zero-order chi connectivity index (χ0) is 13.1. The molecule has 1 unspecified atom stereocenters. The van der Waals surface area contributed by atoms with E-state index in [1.807, 2.05) is 6.07 Å². The monoisotopic (exact) mass is 278 g/mol. The Bertz CT molecular complexity index is 418. The van der Waals surface area contributed by atoms with Crippen molar-refractivity contribution in [1.29, 1.82) is 0 Å². The van der Waals surface area contributed by atoms with Gasteiger partial charge in [0.05, 0.1) is 5.69 Å². The molecular weight excluding hydrogens is 256 g/mol. The summed E-state index contributed by atoms with van der Waals surface area (Å²) in [6.45, 7) is 4.43. The minimum Gasteiger partial charge on any atom is -0.364 e. The normalized spacial score (nSPS) is 24.3. The molecule has 2 aliphatic heterocycles. The topological polar surface area (TPSA) is 26.7 Å². The number of aliphatic hydroxyl groups excluding tert-OH is 1. The van der Waals surface area contributed by atoms with Gasteiger partial charge in [0, 0.05) is 18.0 Å². The van der Waals surface area contributed by atoms with Gasteiger partial charge in [-0.1, -0.05) is 36.7 Å². The van der Waals surface area contributed by atoms with Gasteiger partial charge in [0.15, 0.2) is 5.56 Å². The molecule has 0 saturated carbocycles. The molecule has 0 aromatic heterocycles. The molecule has 0 radical (unpaired) electrons. The van der Waals surface area contributed by atoms with Gasteiger partial charge in [-0.25, -0.2) is 0 Å². The molecule has 4 heteroatoms. The molecule has 1 aromatic rings. The Morgan fingerprint density at radius 3 is 2.58 bits per heavy atom. The maximum absolute atomic E-state index is 10.2. The van der Waals surface area contributed by atoms with Gasteiger partial charge in [0.1, 0.15) is 0 Å². The summed E-state index contributed by atoms with van der Waals surface area (Å²) in [5, 5.41) is 10.2. The number of hydrogen-bond donors (Lipinski definition) is 1. The van der Waals surface area contributed by atoms with E-state index in [9.17, 15) is 5.11 Å².